The van der Waals surface area contributed by atoms with E-state index in [2.05, 4.69) is 0 Å². The number of rotatable bonds is 8. The van der Waals surface area contributed by atoms with Crippen molar-refractivity contribution in [1.29, 1.82) is 0 Å². The van der Waals surface area contributed by atoms with E-state index in [4.69, 9.17) is 28.4 Å². The maximum Gasteiger partial charge on any atom is 0.373 e. The van der Waals surface area contributed by atoms with E-state index in [0.717, 1.165) is 36.8 Å². The SMILES string of the molecule is CCOC(=O)C1=C[C@@H](C2CC2)[C@@]2(CCc3ccccc3C2=O)[C@@H](OC(C)=O)O1.CCOC(=O)C1=C[C@@H](C2CC2)[C@@]2(CCc3ccccc3C2=O)[C@@H](OC(C)=O)O1. The summed E-state index contributed by atoms with van der Waals surface area (Å²) >= 11 is 0. The summed E-state index contributed by atoms with van der Waals surface area (Å²) in [5.41, 5.74) is 1.25. The van der Waals surface area contributed by atoms with Crippen molar-refractivity contribution in [3.8, 4) is 0 Å². The molecule has 0 N–H and O–H groups in total. The fraction of sp³-hybridized carbons (Fsp3) is 0.500. The van der Waals surface area contributed by atoms with Crippen molar-refractivity contribution in [3.05, 3.63) is 94.5 Å². The highest BCUT2D eigenvalue weighted by atomic mass is 16.7. The van der Waals surface area contributed by atoms with Crippen LogP contribution < -0.4 is 0 Å². The van der Waals surface area contributed by atoms with Crippen molar-refractivity contribution in [3.63, 3.8) is 0 Å². The molecule has 8 rings (SSSR count). The smallest absolute Gasteiger partial charge is 0.373 e. The summed E-state index contributed by atoms with van der Waals surface area (Å²) in [6.45, 7) is 6.42. The zero-order valence-electron chi connectivity index (χ0n) is 32.2. The van der Waals surface area contributed by atoms with Gasteiger partial charge in [0.2, 0.25) is 11.5 Å². The van der Waals surface area contributed by atoms with Crippen LogP contribution in [0.5, 0.6) is 0 Å². The molecular formula is C44H48O12. The molecule has 6 atom stereocenters. The number of fused-ring (bicyclic) bond motifs is 2. The first-order valence-corrected chi connectivity index (χ1v) is 19.7. The fourth-order valence-electron chi connectivity index (χ4n) is 9.10. The number of aryl methyl sites for hydroxylation is 2. The number of benzene rings is 2. The quantitative estimate of drug-likeness (QED) is 0.216. The number of ether oxygens (including phenoxy) is 6. The largest absolute Gasteiger partial charge is 0.460 e. The molecule has 0 bridgehead atoms. The molecule has 0 amide bonds. The molecule has 56 heavy (non-hydrogen) atoms. The lowest BCUT2D eigenvalue weighted by molar-refractivity contribution is -0.208. The van der Waals surface area contributed by atoms with E-state index in [1.54, 1.807) is 26.0 Å². The normalized spacial score (nSPS) is 28.8. The molecule has 296 valence electrons. The molecule has 0 aromatic heterocycles. The van der Waals surface area contributed by atoms with Crippen molar-refractivity contribution in [2.75, 3.05) is 13.2 Å². The van der Waals surface area contributed by atoms with Crippen LogP contribution in [0.2, 0.25) is 0 Å². The van der Waals surface area contributed by atoms with Gasteiger partial charge >= 0.3 is 23.9 Å². The number of Topliss-reactive ketones (excluding diaryl/α,β-unsaturated/α-hetero) is 2. The van der Waals surface area contributed by atoms with Crippen LogP contribution >= 0.6 is 0 Å². The Morgan fingerprint density at radius 1 is 0.625 bits per heavy atom. The van der Waals surface area contributed by atoms with Gasteiger partial charge < -0.3 is 28.4 Å². The van der Waals surface area contributed by atoms with Gasteiger partial charge in [0.15, 0.2) is 11.6 Å². The van der Waals surface area contributed by atoms with E-state index < -0.39 is 47.3 Å². The molecule has 0 radical (unpaired) electrons. The second kappa shape index (κ2) is 15.7. The van der Waals surface area contributed by atoms with Gasteiger partial charge in [0, 0.05) is 36.8 Å². The molecule has 0 saturated heterocycles. The van der Waals surface area contributed by atoms with E-state index in [1.807, 2.05) is 48.5 Å². The van der Waals surface area contributed by atoms with Crippen LogP contribution in [0.3, 0.4) is 0 Å². The topological polar surface area (TPSA) is 158 Å². The molecule has 12 heteroatoms. The van der Waals surface area contributed by atoms with Crippen LogP contribution in [-0.4, -0.2) is 61.2 Å². The monoisotopic (exact) mass is 768 g/mol. The van der Waals surface area contributed by atoms with Crippen molar-refractivity contribution in [2.45, 2.75) is 91.6 Å². The lowest BCUT2D eigenvalue weighted by Gasteiger charge is -2.47. The van der Waals surface area contributed by atoms with Crippen LogP contribution in [0.15, 0.2) is 72.2 Å². The minimum atomic E-state index is -1.14. The molecule has 6 aliphatic rings. The highest BCUT2D eigenvalue weighted by Crippen LogP contribution is 2.58. The number of hydrogen-bond acceptors (Lipinski definition) is 12. The minimum absolute atomic E-state index is 0.0299. The summed E-state index contributed by atoms with van der Waals surface area (Å²) in [6, 6.07) is 15.1. The third-order valence-electron chi connectivity index (χ3n) is 11.9. The molecule has 2 spiro atoms. The molecule has 2 heterocycles. The Morgan fingerprint density at radius 2 is 1.00 bits per heavy atom. The van der Waals surface area contributed by atoms with Crippen LogP contribution in [0.25, 0.3) is 0 Å². The van der Waals surface area contributed by atoms with E-state index in [-0.39, 0.29) is 60.0 Å². The van der Waals surface area contributed by atoms with Crippen LogP contribution in [0.4, 0.5) is 0 Å². The van der Waals surface area contributed by atoms with E-state index >= 15 is 0 Å². The molecule has 12 nitrogen and oxygen atoms in total. The lowest BCUT2D eigenvalue weighted by Crippen LogP contribution is -2.55. The van der Waals surface area contributed by atoms with Crippen molar-refractivity contribution >= 4 is 35.4 Å². The molecule has 2 fully saturated rings. The van der Waals surface area contributed by atoms with Gasteiger partial charge in [0.1, 0.15) is 10.8 Å². The number of carbonyl (C=O) groups is 6. The highest BCUT2D eigenvalue weighted by Gasteiger charge is 2.63. The van der Waals surface area contributed by atoms with Crippen molar-refractivity contribution in [1.82, 2.24) is 0 Å². The van der Waals surface area contributed by atoms with Gasteiger partial charge in [0.05, 0.1) is 13.2 Å². The zero-order valence-corrected chi connectivity index (χ0v) is 32.2. The van der Waals surface area contributed by atoms with Crippen molar-refractivity contribution in [2.24, 2.45) is 34.5 Å². The van der Waals surface area contributed by atoms with E-state index in [0.29, 0.717) is 36.8 Å². The third kappa shape index (κ3) is 7.14. The Morgan fingerprint density at radius 3 is 1.34 bits per heavy atom. The van der Waals surface area contributed by atoms with Gasteiger partial charge in [-0.15, -0.1) is 0 Å². The average Bonchev–Trinajstić information content (AvgIpc) is 4.11. The lowest BCUT2D eigenvalue weighted by atomic mass is 9.60. The van der Waals surface area contributed by atoms with Crippen LogP contribution in [0.1, 0.15) is 98.1 Å². The molecule has 4 aliphatic carbocycles. The summed E-state index contributed by atoms with van der Waals surface area (Å²) < 4.78 is 32.8. The summed E-state index contributed by atoms with van der Waals surface area (Å²) in [5.74, 6) is -2.30. The number of allylic oxidation sites excluding steroid dienone is 2. The molecule has 0 unspecified atom stereocenters. The number of carbonyl (C=O) groups excluding carboxylic acids is 6. The summed E-state index contributed by atoms with van der Waals surface area (Å²) in [6.07, 6.45) is 7.49. The first-order chi connectivity index (χ1) is 26.9. The summed E-state index contributed by atoms with van der Waals surface area (Å²) in [7, 11) is 0. The summed E-state index contributed by atoms with van der Waals surface area (Å²) in [5, 5.41) is 0. The Labute approximate surface area is 325 Å². The Balaban J connectivity index is 0.000000172. The summed E-state index contributed by atoms with van der Waals surface area (Å²) in [4.78, 5) is 75.8. The number of hydrogen-bond donors (Lipinski definition) is 0. The first kappa shape index (κ1) is 39.0. The average molecular weight is 769 g/mol. The molecule has 2 aromatic carbocycles. The van der Waals surface area contributed by atoms with Crippen LogP contribution in [0, 0.1) is 34.5 Å². The first-order valence-electron chi connectivity index (χ1n) is 19.7. The van der Waals surface area contributed by atoms with Gasteiger partial charge in [-0.25, -0.2) is 9.59 Å². The number of ketones is 2. The van der Waals surface area contributed by atoms with Gasteiger partial charge in [-0.1, -0.05) is 48.5 Å². The molecule has 2 saturated carbocycles. The highest BCUT2D eigenvalue weighted by molar-refractivity contribution is 6.05. The second-order valence-corrected chi connectivity index (χ2v) is 15.4. The predicted octanol–water partition coefficient (Wildman–Crippen LogP) is 6.39. The van der Waals surface area contributed by atoms with Crippen LogP contribution in [-0.2, 0) is 60.4 Å². The number of esters is 4. The van der Waals surface area contributed by atoms with Gasteiger partial charge in [-0.3, -0.25) is 19.2 Å². The van der Waals surface area contributed by atoms with E-state index in [9.17, 15) is 28.8 Å². The second-order valence-electron chi connectivity index (χ2n) is 15.4. The Kier molecular flexibility index (Phi) is 10.9. The van der Waals surface area contributed by atoms with Crippen molar-refractivity contribution < 1.29 is 57.2 Å². The van der Waals surface area contributed by atoms with E-state index in [1.165, 1.54) is 13.8 Å². The Hall–Kier alpha value is -5.26. The maximum absolute atomic E-state index is 13.7. The minimum Gasteiger partial charge on any atom is -0.460 e. The third-order valence-corrected chi connectivity index (χ3v) is 11.9. The zero-order chi connectivity index (χ0) is 39.8. The van der Waals surface area contributed by atoms with Gasteiger partial charge in [-0.05, 0) is 100 Å². The molecule has 2 aliphatic heterocycles. The fourth-order valence-corrected chi connectivity index (χ4v) is 9.10. The predicted molar refractivity (Wildman–Crippen MR) is 198 cm³/mol. The van der Waals surface area contributed by atoms with Gasteiger partial charge in [0.25, 0.3) is 12.6 Å². The molecular weight excluding hydrogens is 720 g/mol. The maximum atomic E-state index is 13.7. The standard InChI is InChI=1S/2C22H24O6/c2*1-3-26-20(25)18-12-17(15-8-9-15)22(21(28-18)27-13(2)23)11-10-14-6-4-5-7-16(14)19(22)24/h2*4-7,12,15,17,21H,3,8-11H2,1-2H3/t2*17-,21-,22+/m00/s1. The molecule has 2 aromatic rings. The Bertz CT molecular complexity index is 1850. The van der Waals surface area contributed by atoms with Gasteiger partial charge in [-0.2, -0.15) is 0 Å².